The predicted octanol–water partition coefficient (Wildman–Crippen LogP) is 7.82. The number of nitrogens with one attached hydrogen (secondary N) is 1. The molecule has 0 aliphatic rings. The number of carboxylic acids is 1. The number of halogens is 3. The Morgan fingerprint density at radius 3 is 2.04 bits per heavy atom. The summed E-state index contributed by atoms with van der Waals surface area (Å²) >= 11 is 0. The van der Waals surface area contributed by atoms with Gasteiger partial charge in [0.15, 0.2) is 0 Å². The number of nitrogens with zero attached hydrogens (tertiary/aromatic N) is 1. The van der Waals surface area contributed by atoms with E-state index in [-0.39, 0.29) is 34.9 Å². The second kappa shape index (κ2) is 16.1. The summed E-state index contributed by atoms with van der Waals surface area (Å²) in [7, 11) is 1.24. The summed E-state index contributed by atoms with van der Waals surface area (Å²) in [4.78, 5) is 51.5. The number of aryl methyl sites for hydroxylation is 1. The van der Waals surface area contributed by atoms with E-state index in [9.17, 15) is 37.5 Å². The molecule has 0 spiro atoms. The van der Waals surface area contributed by atoms with Crippen molar-refractivity contribution in [3.05, 3.63) is 149 Å². The number of carboxylic acid groups (broad SMARTS) is 1. The number of ether oxygens (including phenoxy) is 2. The van der Waals surface area contributed by atoms with Crippen molar-refractivity contribution in [2.45, 2.75) is 26.1 Å². The smallest absolute Gasteiger partial charge is 0.416 e. The molecule has 5 rings (SSSR count). The van der Waals surface area contributed by atoms with Crippen molar-refractivity contribution in [2.75, 3.05) is 19.0 Å². The molecular formula is C40H33F3N2O7. The molecule has 12 heteroatoms. The lowest BCUT2D eigenvalue weighted by atomic mass is 10.00. The van der Waals surface area contributed by atoms with Crippen molar-refractivity contribution in [3.8, 4) is 22.6 Å². The van der Waals surface area contributed by atoms with Gasteiger partial charge in [-0.15, -0.1) is 0 Å². The van der Waals surface area contributed by atoms with Gasteiger partial charge >= 0.3 is 18.1 Å². The van der Waals surface area contributed by atoms with Crippen LogP contribution >= 0.6 is 0 Å². The molecule has 0 saturated carbocycles. The Balaban J connectivity index is 1.20. The highest BCUT2D eigenvalue weighted by molar-refractivity contribution is 5.97. The number of esters is 1. The van der Waals surface area contributed by atoms with Crippen LogP contribution in [-0.2, 0) is 28.7 Å². The topological polar surface area (TPSA) is 122 Å². The summed E-state index contributed by atoms with van der Waals surface area (Å²) in [6.07, 6.45) is -5.26. The maximum Gasteiger partial charge on any atom is 0.416 e. The molecule has 0 saturated heterocycles. The van der Waals surface area contributed by atoms with Gasteiger partial charge in [-0.25, -0.2) is 4.79 Å². The zero-order chi connectivity index (χ0) is 37.4. The van der Waals surface area contributed by atoms with Gasteiger partial charge in [0.1, 0.15) is 18.0 Å². The van der Waals surface area contributed by atoms with Gasteiger partial charge in [0.05, 0.1) is 24.7 Å². The fourth-order valence-electron chi connectivity index (χ4n) is 5.45. The lowest BCUT2D eigenvalue weighted by Crippen LogP contribution is -2.35. The average Bonchev–Trinajstić information content (AvgIpc) is 3.12. The molecule has 2 amide bonds. The van der Waals surface area contributed by atoms with Crippen LogP contribution in [0.15, 0.2) is 115 Å². The SMILES string of the molecule is COc1ccc(CC(=O)Nc2ccc(C(=O)N(CC(=O)O)Cc3ccc(OC(=O)c4ccc(-c5ccccc5C)cc4)cc3)cc2)c(C(F)(F)F)c1. The molecule has 52 heavy (non-hydrogen) atoms. The number of rotatable bonds is 12. The molecule has 0 aliphatic carbocycles. The lowest BCUT2D eigenvalue weighted by Gasteiger charge is -2.21. The molecule has 0 radical (unpaired) electrons. The first kappa shape index (κ1) is 36.8. The van der Waals surface area contributed by atoms with Gasteiger partial charge in [-0.05, 0) is 95.4 Å². The molecule has 0 heterocycles. The van der Waals surface area contributed by atoms with Gasteiger partial charge in [-0.3, -0.25) is 14.4 Å². The van der Waals surface area contributed by atoms with E-state index in [0.717, 1.165) is 27.7 Å². The van der Waals surface area contributed by atoms with Crippen LogP contribution in [0.5, 0.6) is 11.5 Å². The number of hydrogen-bond acceptors (Lipinski definition) is 6. The van der Waals surface area contributed by atoms with E-state index in [1.54, 1.807) is 36.4 Å². The summed E-state index contributed by atoms with van der Waals surface area (Å²) in [5, 5.41) is 12.0. The second-order valence-corrected chi connectivity index (χ2v) is 11.8. The molecule has 9 nitrogen and oxygen atoms in total. The van der Waals surface area contributed by atoms with Crippen molar-refractivity contribution in [1.29, 1.82) is 0 Å². The lowest BCUT2D eigenvalue weighted by molar-refractivity contribution is -0.139. The van der Waals surface area contributed by atoms with Gasteiger partial charge in [0.2, 0.25) is 5.91 Å². The van der Waals surface area contributed by atoms with Gasteiger partial charge in [-0.1, -0.05) is 54.6 Å². The summed E-state index contributed by atoms with van der Waals surface area (Å²) in [6.45, 7) is 1.31. The normalized spacial score (nSPS) is 11.0. The fourth-order valence-corrected chi connectivity index (χ4v) is 5.45. The molecular weight excluding hydrogens is 677 g/mol. The number of alkyl halides is 3. The van der Waals surface area contributed by atoms with Crippen LogP contribution in [0.3, 0.4) is 0 Å². The highest BCUT2D eigenvalue weighted by atomic mass is 19.4. The summed E-state index contributed by atoms with van der Waals surface area (Å²) in [5.74, 6) is -2.87. The molecule has 2 N–H and O–H groups in total. The monoisotopic (exact) mass is 710 g/mol. The van der Waals surface area contributed by atoms with E-state index >= 15 is 0 Å². The van der Waals surface area contributed by atoms with Crippen LogP contribution < -0.4 is 14.8 Å². The van der Waals surface area contributed by atoms with Crippen LogP contribution in [0.4, 0.5) is 18.9 Å². The molecule has 0 aliphatic heterocycles. The van der Waals surface area contributed by atoms with E-state index in [1.807, 2.05) is 43.3 Å². The molecule has 5 aromatic rings. The number of carbonyl (C=O) groups excluding carboxylic acids is 3. The van der Waals surface area contributed by atoms with E-state index in [1.165, 1.54) is 43.5 Å². The number of amides is 2. The standard InChI is InChI=1S/C40H33F3N2O7/c1-25-5-3-4-6-34(25)27-9-11-29(12-10-27)39(50)52-32-18-7-26(8-19-32)23-45(24-37(47)48)38(49)28-13-16-31(17-14-28)44-36(46)21-30-15-20-33(51-2)22-35(30)40(41,42)43/h3-20,22H,21,23-24H2,1-2H3,(H,44,46)(H,47,48). The van der Waals surface area contributed by atoms with Crippen LogP contribution in [-0.4, -0.2) is 47.4 Å². The largest absolute Gasteiger partial charge is 0.497 e. The van der Waals surface area contributed by atoms with Crippen molar-refractivity contribution < 1.29 is 46.9 Å². The van der Waals surface area contributed by atoms with Crippen molar-refractivity contribution in [3.63, 3.8) is 0 Å². The first-order valence-electron chi connectivity index (χ1n) is 15.9. The van der Waals surface area contributed by atoms with E-state index in [4.69, 9.17) is 9.47 Å². The molecule has 266 valence electrons. The van der Waals surface area contributed by atoms with E-state index in [2.05, 4.69) is 5.32 Å². The third-order valence-electron chi connectivity index (χ3n) is 8.09. The van der Waals surface area contributed by atoms with Crippen LogP contribution in [0.25, 0.3) is 11.1 Å². The third-order valence-corrected chi connectivity index (χ3v) is 8.09. The number of anilines is 1. The zero-order valence-corrected chi connectivity index (χ0v) is 28.1. The van der Waals surface area contributed by atoms with Gasteiger partial charge < -0.3 is 24.8 Å². The molecule has 0 fully saturated rings. The van der Waals surface area contributed by atoms with Crippen LogP contribution in [0, 0.1) is 6.92 Å². The minimum atomic E-state index is -4.70. The summed E-state index contributed by atoms with van der Waals surface area (Å²) < 4.78 is 51.0. The molecule has 5 aromatic carbocycles. The Hall–Kier alpha value is -6.43. The van der Waals surface area contributed by atoms with Crippen molar-refractivity contribution in [2.24, 2.45) is 0 Å². The molecule has 0 atom stereocenters. The average molecular weight is 711 g/mol. The zero-order valence-electron chi connectivity index (χ0n) is 28.1. The summed E-state index contributed by atoms with van der Waals surface area (Å²) in [5.41, 5.74) is 3.18. The number of benzene rings is 5. The third kappa shape index (κ3) is 9.42. The fraction of sp³-hybridized carbons (Fsp3) is 0.150. The van der Waals surface area contributed by atoms with Gasteiger partial charge in [-0.2, -0.15) is 13.2 Å². The Morgan fingerprint density at radius 2 is 1.42 bits per heavy atom. The number of aliphatic carboxylic acids is 1. The highest BCUT2D eigenvalue weighted by Gasteiger charge is 2.34. The first-order chi connectivity index (χ1) is 24.8. The van der Waals surface area contributed by atoms with Crippen molar-refractivity contribution >= 4 is 29.4 Å². The van der Waals surface area contributed by atoms with Crippen molar-refractivity contribution in [1.82, 2.24) is 4.90 Å². The minimum absolute atomic E-state index is 0.00295. The highest BCUT2D eigenvalue weighted by Crippen LogP contribution is 2.35. The minimum Gasteiger partial charge on any atom is -0.497 e. The Morgan fingerprint density at radius 1 is 0.788 bits per heavy atom. The Labute approximate surface area is 297 Å². The first-order valence-corrected chi connectivity index (χ1v) is 15.9. The van der Waals surface area contributed by atoms with Crippen LogP contribution in [0.2, 0.25) is 0 Å². The van der Waals surface area contributed by atoms with E-state index < -0.39 is 48.5 Å². The molecule has 0 bridgehead atoms. The Kier molecular flexibility index (Phi) is 11.4. The molecule has 0 aromatic heterocycles. The predicted molar refractivity (Wildman–Crippen MR) is 187 cm³/mol. The molecule has 0 unspecified atom stereocenters. The maximum atomic E-state index is 13.5. The second-order valence-electron chi connectivity index (χ2n) is 11.8. The maximum absolute atomic E-state index is 13.5. The number of methoxy groups -OCH3 is 1. The van der Waals surface area contributed by atoms with E-state index in [0.29, 0.717) is 11.1 Å². The van der Waals surface area contributed by atoms with Gasteiger partial charge in [0.25, 0.3) is 5.91 Å². The van der Waals surface area contributed by atoms with Crippen LogP contribution in [0.1, 0.15) is 43.0 Å². The summed E-state index contributed by atoms with van der Waals surface area (Å²) in [6, 6.07) is 30.1. The number of carbonyl (C=O) groups is 4. The number of hydrogen-bond donors (Lipinski definition) is 2. The quantitative estimate of drug-likeness (QED) is 0.100. The van der Waals surface area contributed by atoms with Gasteiger partial charge in [0, 0.05) is 17.8 Å². The Bertz CT molecular complexity index is 2080.